The summed E-state index contributed by atoms with van der Waals surface area (Å²) in [6.07, 6.45) is -5.02. The molecule has 4 rings (SSSR count). The highest BCUT2D eigenvalue weighted by Gasteiger charge is 2.40. The maximum Gasteiger partial charge on any atom is 0.453 e. The summed E-state index contributed by atoms with van der Waals surface area (Å²) in [5.41, 5.74) is 0.0331. The number of hydrogen-bond donors (Lipinski definition) is 0. The third-order valence-corrected chi connectivity index (χ3v) is 5.15. The minimum atomic E-state index is -5.02. The molecule has 0 aliphatic rings. The summed E-state index contributed by atoms with van der Waals surface area (Å²) in [7, 11) is 1.44. The van der Waals surface area contributed by atoms with E-state index in [0.29, 0.717) is 11.3 Å². The SMILES string of the molecule is COc1cccc(C(=O)Oc2ccc3c(=O)c(Oc4cc(C)ccc4C)c(C(F)(F)F)oc3c2)c1. The quantitative estimate of drug-likeness (QED) is 0.239. The Morgan fingerprint density at radius 2 is 1.71 bits per heavy atom. The van der Waals surface area contributed by atoms with Gasteiger partial charge in [0.1, 0.15) is 22.8 Å². The molecular weight excluding hydrogens is 465 g/mol. The number of alkyl halides is 3. The molecule has 0 saturated heterocycles. The molecule has 4 aromatic rings. The lowest BCUT2D eigenvalue weighted by Crippen LogP contribution is -2.16. The Kier molecular flexibility index (Phi) is 6.26. The Morgan fingerprint density at radius 1 is 0.943 bits per heavy atom. The third-order valence-electron chi connectivity index (χ3n) is 5.15. The van der Waals surface area contributed by atoms with Crippen LogP contribution in [-0.4, -0.2) is 13.1 Å². The molecule has 0 amide bonds. The van der Waals surface area contributed by atoms with Gasteiger partial charge in [0, 0.05) is 6.07 Å². The predicted octanol–water partition coefficient (Wildman–Crippen LogP) is 6.45. The van der Waals surface area contributed by atoms with Crippen molar-refractivity contribution in [1.82, 2.24) is 0 Å². The Bertz CT molecular complexity index is 1490. The van der Waals surface area contributed by atoms with Crippen molar-refractivity contribution in [3.05, 3.63) is 93.3 Å². The molecule has 0 aliphatic heterocycles. The van der Waals surface area contributed by atoms with E-state index in [1.165, 1.54) is 37.4 Å². The van der Waals surface area contributed by atoms with Crippen LogP contribution < -0.4 is 19.6 Å². The van der Waals surface area contributed by atoms with Gasteiger partial charge >= 0.3 is 12.1 Å². The van der Waals surface area contributed by atoms with Crippen LogP contribution in [-0.2, 0) is 6.18 Å². The van der Waals surface area contributed by atoms with Crippen LogP contribution in [0.2, 0.25) is 0 Å². The lowest BCUT2D eigenvalue weighted by Gasteiger charge is -2.15. The first-order valence-electron chi connectivity index (χ1n) is 10.4. The summed E-state index contributed by atoms with van der Waals surface area (Å²) >= 11 is 0. The van der Waals surface area contributed by atoms with E-state index in [1.807, 2.05) is 0 Å². The first kappa shape index (κ1) is 23.9. The zero-order valence-corrected chi connectivity index (χ0v) is 18.9. The largest absolute Gasteiger partial charge is 0.497 e. The number of aryl methyl sites for hydroxylation is 2. The minimum absolute atomic E-state index is 0.103. The fraction of sp³-hybridized carbons (Fsp3) is 0.154. The summed E-state index contributed by atoms with van der Waals surface area (Å²) in [4.78, 5) is 25.5. The van der Waals surface area contributed by atoms with E-state index in [4.69, 9.17) is 18.6 Å². The van der Waals surface area contributed by atoms with Gasteiger partial charge in [-0.2, -0.15) is 13.2 Å². The lowest BCUT2D eigenvalue weighted by molar-refractivity contribution is -0.154. The summed E-state index contributed by atoms with van der Waals surface area (Å²) in [5.74, 6) is -2.91. The highest BCUT2D eigenvalue weighted by Crippen LogP contribution is 2.39. The zero-order chi connectivity index (χ0) is 25.3. The van der Waals surface area contributed by atoms with Gasteiger partial charge in [0.15, 0.2) is 0 Å². The van der Waals surface area contributed by atoms with Crippen LogP contribution in [0, 0.1) is 13.8 Å². The van der Waals surface area contributed by atoms with E-state index in [2.05, 4.69) is 0 Å². The van der Waals surface area contributed by atoms with Crippen LogP contribution in [0.25, 0.3) is 11.0 Å². The molecule has 0 fully saturated rings. The van der Waals surface area contributed by atoms with E-state index in [0.717, 1.165) is 11.6 Å². The number of rotatable bonds is 5. The normalized spacial score (nSPS) is 11.4. The second-order valence-corrected chi connectivity index (χ2v) is 7.74. The van der Waals surface area contributed by atoms with E-state index < -0.39 is 34.7 Å². The fourth-order valence-electron chi connectivity index (χ4n) is 3.34. The van der Waals surface area contributed by atoms with Crippen molar-refractivity contribution in [1.29, 1.82) is 0 Å². The van der Waals surface area contributed by atoms with Gasteiger partial charge in [0.25, 0.3) is 5.76 Å². The van der Waals surface area contributed by atoms with Crippen molar-refractivity contribution in [2.45, 2.75) is 20.0 Å². The smallest absolute Gasteiger partial charge is 0.453 e. The molecule has 35 heavy (non-hydrogen) atoms. The zero-order valence-electron chi connectivity index (χ0n) is 18.9. The average Bonchev–Trinajstić information content (AvgIpc) is 2.82. The predicted molar refractivity (Wildman–Crippen MR) is 121 cm³/mol. The number of carbonyl (C=O) groups excluding carboxylic acids is 1. The average molecular weight is 484 g/mol. The molecule has 0 atom stereocenters. The van der Waals surface area contributed by atoms with Gasteiger partial charge in [-0.3, -0.25) is 4.79 Å². The van der Waals surface area contributed by atoms with E-state index in [1.54, 1.807) is 38.1 Å². The number of benzene rings is 3. The second-order valence-electron chi connectivity index (χ2n) is 7.74. The van der Waals surface area contributed by atoms with Crippen molar-refractivity contribution in [2.75, 3.05) is 7.11 Å². The molecule has 0 radical (unpaired) electrons. The van der Waals surface area contributed by atoms with Crippen LogP contribution in [0.4, 0.5) is 13.2 Å². The molecule has 6 nitrogen and oxygen atoms in total. The Labute approximate surface area is 197 Å². The molecule has 3 aromatic carbocycles. The summed E-state index contributed by atoms with van der Waals surface area (Å²) in [6, 6.07) is 14.7. The Balaban J connectivity index is 1.76. The maximum absolute atomic E-state index is 13.8. The van der Waals surface area contributed by atoms with Crippen LogP contribution >= 0.6 is 0 Å². The number of ether oxygens (including phenoxy) is 3. The van der Waals surface area contributed by atoms with Crippen LogP contribution in [0.5, 0.6) is 23.0 Å². The van der Waals surface area contributed by atoms with E-state index in [9.17, 15) is 22.8 Å². The molecule has 0 N–H and O–H groups in total. The van der Waals surface area contributed by atoms with Crippen LogP contribution in [0.15, 0.2) is 69.9 Å². The standard InChI is InChI=1S/C26H19F3O6/c1-14-7-8-15(2)20(11-14)34-23-22(30)19-10-9-18(13-21(19)35-24(23)26(27,28)29)33-25(31)16-5-4-6-17(12-16)32-3/h4-13H,1-3H3. The van der Waals surface area contributed by atoms with Crippen LogP contribution in [0.1, 0.15) is 27.2 Å². The monoisotopic (exact) mass is 484 g/mol. The first-order valence-corrected chi connectivity index (χ1v) is 10.4. The topological polar surface area (TPSA) is 75.0 Å². The third kappa shape index (κ3) is 4.98. The molecule has 180 valence electrons. The summed E-state index contributed by atoms with van der Waals surface area (Å²) < 4.78 is 62.3. The molecule has 0 bridgehead atoms. The number of methoxy groups -OCH3 is 1. The van der Waals surface area contributed by atoms with Gasteiger partial charge in [0.2, 0.25) is 11.2 Å². The Morgan fingerprint density at radius 3 is 2.43 bits per heavy atom. The van der Waals surface area contributed by atoms with Crippen molar-refractivity contribution < 1.29 is 36.6 Å². The van der Waals surface area contributed by atoms with E-state index in [-0.39, 0.29) is 22.4 Å². The number of fused-ring (bicyclic) bond motifs is 1. The van der Waals surface area contributed by atoms with Crippen molar-refractivity contribution in [3.8, 4) is 23.0 Å². The Hall–Kier alpha value is -4.27. The lowest BCUT2D eigenvalue weighted by atomic mass is 10.1. The van der Waals surface area contributed by atoms with Gasteiger partial charge in [-0.1, -0.05) is 18.2 Å². The molecule has 0 spiro atoms. The number of hydrogen-bond acceptors (Lipinski definition) is 6. The summed E-state index contributed by atoms with van der Waals surface area (Å²) in [5, 5.41) is -0.167. The molecule has 1 aromatic heterocycles. The fourth-order valence-corrected chi connectivity index (χ4v) is 3.34. The van der Waals surface area contributed by atoms with Gasteiger partial charge in [-0.25, -0.2) is 4.79 Å². The molecule has 1 heterocycles. The number of esters is 1. The minimum Gasteiger partial charge on any atom is -0.497 e. The molecular formula is C26H19F3O6. The number of carbonyl (C=O) groups is 1. The van der Waals surface area contributed by atoms with E-state index >= 15 is 0 Å². The van der Waals surface area contributed by atoms with Gasteiger partial charge in [-0.15, -0.1) is 0 Å². The highest BCUT2D eigenvalue weighted by atomic mass is 19.4. The van der Waals surface area contributed by atoms with Gasteiger partial charge in [-0.05, 0) is 61.4 Å². The summed E-state index contributed by atoms with van der Waals surface area (Å²) in [6.45, 7) is 3.39. The first-order chi connectivity index (χ1) is 16.6. The molecule has 0 unspecified atom stereocenters. The second kappa shape index (κ2) is 9.17. The maximum atomic E-state index is 13.8. The van der Waals surface area contributed by atoms with Crippen molar-refractivity contribution in [3.63, 3.8) is 0 Å². The molecule has 0 saturated carbocycles. The molecule has 0 aliphatic carbocycles. The highest BCUT2D eigenvalue weighted by molar-refractivity contribution is 5.92. The van der Waals surface area contributed by atoms with Crippen LogP contribution in [0.3, 0.4) is 0 Å². The number of halogens is 3. The van der Waals surface area contributed by atoms with Crippen molar-refractivity contribution in [2.24, 2.45) is 0 Å². The van der Waals surface area contributed by atoms with Gasteiger partial charge < -0.3 is 18.6 Å². The van der Waals surface area contributed by atoms with Crippen molar-refractivity contribution >= 4 is 16.9 Å². The van der Waals surface area contributed by atoms with Gasteiger partial charge in [0.05, 0.1) is 18.1 Å². The molecule has 9 heteroatoms.